The first-order chi connectivity index (χ1) is 12.9. The van der Waals surface area contributed by atoms with Crippen LogP contribution in [0.15, 0.2) is 76.9 Å². The molecule has 144 valence electrons. The van der Waals surface area contributed by atoms with Crippen LogP contribution in [0.25, 0.3) is 0 Å². The van der Waals surface area contributed by atoms with Crippen LogP contribution in [0.3, 0.4) is 0 Å². The number of aliphatic hydroxyl groups excluding tert-OH is 1. The van der Waals surface area contributed by atoms with E-state index in [0.29, 0.717) is 24.2 Å². The summed E-state index contributed by atoms with van der Waals surface area (Å²) in [6.45, 7) is 6.49. The van der Waals surface area contributed by atoms with E-state index in [2.05, 4.69) is 0 Å². The molecule has 0 fully saturated rings. The summed E-state index contributed by atoms with van der Waals surface area (Å²) in [6, 6.07) is 9.95. The first-order valence-corrected chi connectivity index (χ1v) is 9.36. The predicted octanol–water partition coefficient (Wildman–Crippen LogP) is 4.59. The van der Waals surface area contributed by atoms with Crippen LogP contribution >= 0.6 is 0 Å². The molecule has 0 saturated carbocycles. The van der Waals surface area contributed by atoms with Gasteiger partial charge in [-0.05, 0) is 51.6 Å². The fourth-order valence-corrected chi connectivity index (χ4v) is 3.07. The molecule has 2 rings (SSSR count). The Hall–Kier alpha value is -2.59. The van der Waals surface area contributed by atoms with Gasteiger partial charge in [-0.25, -0.2) is 0 Å². The van der Waals surface area contributed by atoms with Crippen LogP contribution in [0, 0.1) is 0 Å². The molecule has 1 heterocycles. The van der Waals surface area contributed by atoms with Crippen molar-refractivity contribution in [1.82, 2.24) is 9.80 Å². The van der Waals surface area contributed by atoms with E-state index in [4.69, 9.17) is 0 Å². The molecule has 4 heteroatoms. The molecule has 0 aromatic heterocycles. The zero-order valence-electron chi connectivity index (χ0n) is 17.0. The Kier molecular flexibility index (Phi) is 7.19. The Morgan fingerprint density at radius 1 is 1.22 bits per heavy atom. The predicted molar refractivity (Wildman–Crippen MR) is 111 cm³/mol. The van der Waals surface area contributed by atoms with Crippen molar-refractivity contribution in [2.45, 2.75) is 33.6 Å². The fraction of sp³-hybridized carbons (Fsp3) is 0.348. The van der Waals surface area contributed by atoms with Gasteiger partial charge < -0.3 is 10.0 Å². The number of rotatable bonds is 6. The Morgan fingerprint density at radius 2 is 1.89 bits per heavy atom. The highest BCUT2D eigenvalue weighted by Gasteiger charge is 2.28. The molecule has 0 unspecified atom stereocenters. The average molecular weight is 367 g/mol. The minimum absolute atomic E-state index is 0.101. The van der Waals surface area contributed by atoms with Gasteiger partial charge in [-0.2, -0.15) is 0 Å². The van der Waals surface area contributed by atoms with Gasteiger partial charge in [0.2, 0.25) is 0 Å². The van der Waals surface area contributed by atoms with Crippen molar-refractivity contribution in [3.05, 3.63) is 82.4 Å². The van der Waals surface area contributed by atoms with Crippen LogP contribution in [-0.4, -0.2) is 41.5 Å². The number of allylic oxidation sites excluding steroid dienone is 2. The second-order valence-corrected chi connectivity index (χ2v) is 7.06. The lowest BCUT2D eigenvalue weighted by molar-refractivity contribution is -0.123. The number of nitrogens with zero attached hydrogens (tertiary/aromatic N) is 2. The SMILES string of the molecule is C/C=C(/Cc1ccccc1)C(=O)N1C=CC(CN(C)C)=C(O)/C1=C(\C)CC. The minimum atomic E-state index is -0.101. The normalized spacial score (nSPS) is 17.0. The molecule has 1 aromatic rings. The number of likely N-dealkylation sites (N-methyl/N-ethyl adjacent to an activating group) is 1. The topological polar surface area (TPSA) is 43.8 Å². The molecule has 1 amide bonds. The number of benzene rings is 1. The molecule has 0 atom stereocenters. The summed E-state index contributed by atoms with van der Waals surface area (Å²) >= 11 is 0. The summed E-state index contributed by atoms with van der Waals surface area (Å²) in [5, 5.41) is 10.9. The Bertz CT molecular complexity index is 799. The first-order valence-electron chi connectivity index (χ1n) is 9.36. The number of carbonyl (C=O) groups is 1. The molecule has 1 aliphatic heterocycles. The van der Waals surface area contributed by atoms with Crippen molar-refractivity contribution in [1.29, 1.82) is 0 Å². The molecule has 27 heavy (non-hydrogen) atoms. The maximum atomic E-state index is 13.3. The third kappa shape index (κ3) is 4.98. The van der Waals surface area contributed by atoms with Crippen molar-refractivity contribution in [3.63, 3.8) is 0 Å². The van der Waals surface area contributed by atoms with Crippen LogP contribution in [-0.2, 0) is 11.2 Å². The summed E-state index contributed by atoms with van der Waals surface area (Å²) in [5.41, 5.74) is 4.20. The van der Waals surface area contributed by atoms with Gasteiger partial charge in [-0.15, -0.1) is 0 Å². The lowest BCUT2D eigenvalue weighted by atomic mass is 10.00. The van der Waals surface area contributed by atoms with Crippen LogP contribution in [0.1, 0.15) is 32.8 Å². The average Bonchev–Trinajstić information content (AvgIpc) is 2.66. The van der Waals surface area contributed by atoms with Gasteiger partial charge in [0.15, 0.2) is 0 Å². The number of amides is 1. The van der Waals surface area contributed by atoms with Gasteiger partial charge in [0.25, 0.3) is 5.91 Å². The third-order valence-corrected chi connectivity index (χ3v) is 4.69. The Balaban J connectivity index is 2.37. The Labute approximate surface area is 162 Å². The largest absolute Gasteiger partial charge is 0.505 e. The van der Waals surface area contributed by atoms with E-state index < -0.39 is 0 Å². The van der Waals surface area contributed by atoms with E-state index in [9.17, 15) is 9.90 Å². The smallest absolute Gasteiger partial charge is 0.258 e. The monoisotopic (exact) mass is 366 g/mol. The highest BCUT2D eigenvalue weighted by Crippen LogP contribution is 2.29. The second-order valence-electron chi connectivity index (χ2n) is 7.06. The van der Waals surface area contributed by atoms with Gasteiger partial charge in [-0.3, -0.25) is 9.69 Å². The van der Waals surface area contributed by atoms with E-state index in [-0.39, 0.29) is 11.7 Å². The lowest BCUT2D eigenvalue weighted by Crippen LogP contribution is -2.32. The highest BCUT2D eigenvalue weighted by atomic mass is 16.3. The number of carbonyl (C=O) groups excluding carboxylic acids is 1. The van der Waals surface area contributed by atoms with Crippen molar-refractivity contribution in [3.8, 4) is 0 Å². The molecule has 1 N–H and O–H groups in total. The minimum Gasteiger partial charge on any atom is -0.505 e. The maximum absolute atomic E-state index is 13.3. The van der Waals surface area contributed by atoms with E-state index in [1.165, 1.54) is 0 Å². The van der Waals surface area contributed by atoms with E-state index in [0.717, 1.165) is 23.1 Å². The van der Waals surface area contributed by atoms with Crippen molar-refractivity contribution >= 4 is 5.91 Å². The van der Waals surface area contributed by atoms with Gasteiger partial charge >= 0.3 is 0 Å². The lowest BCUT2D eigenvalue weighted by Gasteiger charge is -2.29. The maximum Gasteiger partial charge on any atom is 0.258 e. The molecule has 1 aliphatic rings. The van der Waals surface area contributed by atoms with Crippen LogP contribution in [0.5, 0.6) is 0 Å². The van der Waals surface area contributed by atoms with Crippen LogP contribution in [0.2, 0.25) is 0 Å². The molecule has 4 nitrogen and oxygen atoms in total. The summed E-state index contributed by atoms with van der Waals surface area (Å²) in [4.78, 5) is 16.9. The number of aliphatic hydroxyl groups is 1. The molecule has 0 aliphatic carbocycles. The van der Waals surface area contributed by atoms with Crippen molar-refractivity contribution in [2.75, 3.05) is 20.6 Å². The van der Waals surface area contributed by atoms with Gasteiger partial charge in [0, 0.05) is 30.3 Å². The van der Waals surface area contributed by atoms with Gasteiger partial charge in [-0.1, -0.05) is 43.3 Å². The molecular formula is C23H30N2O2. The van der Waals surface area contributed by atoms with Crippen molar-refractivity contribution < 1.29 is 9.90 Å². The van der Waals surface area contributed by atoms with E-state index >= 15 is 0 Å². The molecule has 0 spiro atoms. The first kappa shape index (κ1) is 20.7. The third-order valence-electron chi connectivity index (χ3n) is 4.69. The van der Waals surface area contributed by atoms with Gasteiger partial charge in [0.1, 0.15) is 5.76 Å². The highest BCUT2D eigenvalue weighted by molar-refractivity contribution is 5.96. The quantitative estimate of drug-likeness (QED) is 0.749. The summed E-state index contributed by atoms with van der Waals surface area (Å²) in [5.74, 6) is 0.0879. The fourth-order valence-electron chi connectivity index (χ4n) is 3.07. The van der Waals surface area contributed by atoms with Crippen LogP contribution in [0.4, 0.5) is 0 Å². The van der Waals surface area contributed by atoms with Crippen LogP contribution < -0.4 is 0 Å². The molecular weight excluding hydrogens is 336 g/mol. The standard InChI is InChI=1S/C23H30N2O2/c1-6-17(3)21-22(26)20(16-24(4)5)13-14-25(21)23(27)19(7-2)15-18-11-9-8-10-12-18/h7-14,26H,6,15-16H2,1-5H3/b19-7-,21-17-. The molecule has 0 bridgehead atoms. The summed E-state index contributed by atoms with van der Waals surface area (Å²) in [6.07, 6.45) is 6.79. The van der Waals surface area contributed by atoms with Crippen molar-refractivity contribution in [2.24, 2.45) is 0 Å². The zero-order chi connectivity index (χ0) is 20.0. The number of hydrogen-bond donors (Lipinski definition) is 1. The molecule has 1 aromatic carbocycles. The number of hydrogen-bond acceptors (Lipinski definition) is 3. The summed E-state index contributed by atoms with van der Waals surface area (Å²) < 4.78 is 0. The Morgan fingerprint density at radius 3 is 2.44 bits per heavy atom. The molecule has 0 radical (unpaired) electrons. The zero-order valence-corrected chi connectivity index (χ0v) is 17.0. The summed E-state index contributed by atoms with van der Waals surface area (Å²) in [7, 11) is 3.92. The second kappa shape index (κ2) is 9.38. The molecule has 0 saturated heterocycles. The van der Waals surface area contributed by atoms with E-state index in [1.807, 2.05) is 82.3 Å². The van der Waals surface area contributed by atoms with E-state index in [1.54, 1.807) is 11.1 Å². The van der Waals surface area contributed by atoms with Gasteiger partial charge in [0.05, 0.1) is 5.70 Å².